The topological polar surface area (TPSA) is 54.0 Å². The van der Waals surface area contributed by atoms with Crippen LogP contribution in [0.25, 0.3) is 0 Å². The van der Waals surface area contributed by atoms with Gasteiger partial charge in [0.05, 0.1) is 0 Å². The van der Waals surface area contributed by atoms with Gasteiger partial charge in [-0.3, -0.25) is 9.78 Å². The summed E-state index contributed by atoms with van der Waals surface area (Å²) in [6, 6.07) is 21.0. The van der Waals surface area contributed by atoms with Gasteiger partial charge in [-0.05, 0) is 29.3 Å². The zero-order valence-electron chi connectivity index (χ0n) is 13.6. The lowest BCUT2D eigenvalue weighted by atomic mass is 10.2. The summed E-state index contributed by atoms with van der Waals surface area (Å²) in [6.45, 7) is 1.05. The van der Waals surface area contributed by atoms with E-state index in [4.69, 9.17) is 11.6 Å². The molecular formula is C20H18ClN3O. The lowest BCUT2D eigenvalue weighted by molar-refractivity contribution is 0.0946. The van der Waals surface area contributed by atoms with Crippen LogP contribution in [-0.2, 0) is 13.1 Å². The number of benzene rings is 2. The first-order valence-corrected chi connectivity index (χ1v) is 8.35. The maximum Gasteiger partial charge on any atom is 0.270 e. The number of aromatic nitrogens is 1. The molecule has 0 fully saturated rings. The molecule has 126 valence electrons. The van der Waals surface area contributed by atoms with E-state index in [1.807, 2.05) is 60.7 Å². The Hall–Kier alpha value is -2.85. The zero-order chi connectivity index (χ0) is 17.5. The van der Waals surface area contributed by atoms with Crippen LogP contribution >= 0.6 is 11.6 Å². The number of hydrogen-bond acceptors (Lipinski definition) is 3. The molecule has 1 aromatic heterocycles. The van der Waals surface area contributed by atoms with Crippen molar-refractivity contribution in [2.75, 3.05) is 5.32 Å². The number of carbonyl (C=O) groups is 1. The second kappa shape index (κ2) is 8.31. The summed E-state index contributed by atoms with van der Waals surface area (Å²) in [5, 5.41) is 6.85. The van der Waals surface area contributed by atoms with Gasteiger partial charge < -0.3 is 10.6 Å². The van der Waals surface area contributed by atoms with E-state index in [0.29, 0.717) is 23.8 Å². The predicted molar refractivity (Wildman–Crippen MR) is 101 cm³/mol. The van der Waals surface area contributed by atoms with Crippen molar-refractivity contribution in [1.29, 1.82) is 0 Å². The molecule has 0 spiro atoms. The minimum absolute atomic E-state index is 0.203. The summed E-state index contributed by atoms with van der Waals surface area (Å²) in [6.07, 6.45) is 1.62. The molecule has 5 heteroatoms. The molecule has 1 amide bonds. The molecular weight excluding hydrogens is 334 g/mol. The first kappa shape index (κ1) is 17.0. The van der Waals surface area contributed by atoms with Crippen molar-refractivity contribution >= 4 is 23.2 Å². The summed E-state index contributed by atoms with van der Waals surface area (Å²) in [5.41, 5.74) is 3.24. The van der Waals surface area contributed by atoms with E-state index in [-0.39, 0.29) is 5.91 Å². The highest BCUT2D eigenvalue weighted by Gasteiger charge is 2.08. The average molecular weight is 352 g/mol. The second-order valence-corrected chi connectivity index (χ2v) is 5.95. The quantitative estimate of drug-likeness (QED) is 0.697. The Kier molecular flexibility index (Phi) is 5.65. The van der Waals surface area contributed by atoms with Crippen molar-refractivity contribution in [3.8, 4) is 0 Å². The minimum atomic E-state index is -0.203. The van der Waals surface area contributed by atoms with Crippen LogP contribution in [0.4, 0.5) is 5.69 Å². The van der Waals surface area contributed by atoms with Gasteiger partial charge in [-0.2, -0.15) is 0 Å². The second-order valence-electron chi connectivity index (χ2n) is 5.54. The number of hydrogen-bond donors (Lipinski definition) is 2. The van der Waals surface area contributed by atoms with E-state index in [9.17, 15) is 4.79 Å². The summed E-state index contributed by atoms with van der Waals surface area (Å²) in [4.78, 5) is 16.4. The molecule has 4 nitrogen and oxygen atoms in total. The molecule has 0 saturated heterocycles. The third-order valence-corrected chi connectivity index (χ3v) is 4.10. The van der Waals surface area contributed by atoms with Gasteiger partial charge in [0.1, 0.15) is 5.69 Å². The molecule has 0 radical (unpaired) electrons. The van der Waals surface area contributed by atoms with Gasteiger partial charge >= 0.3 is 0 Å². The first-order chi connectivity index (χ1) is 12.2. The Labute approximate surface area is 151 Å². The third-order valence-electron chi connectivity index (χ3n) is 3.73. The number of pyridine rings is 1. The molecule has 0 saturated carbocycles. The van der Waals surface area contributed by atoms with Crippen LogP contribution < -0.4 is 10.6 Å². The number of anilines is 1. The number of amides is 1. The van der Waals surface area contributed by atoms with E-state index in [2.05, 4.69) is 15.6 Å². The van der Waals surface area contributed by atoms with Crippen molar-refractivity contribution in [3.05, 3.63) is 94.8 Å². The van der Waals surface area contributed by atoms with Gasteiger partial charge in [0.25, 0.3) is 5.91 Å². The third kappa shape index (κ3) is 4.81. The monoisotopic (exact) mass is 351 g/mol. The Bertz CT molecular complexity index is 852. The lowest BCUT2D eigenvalue weighted by Crippen LogP contribution is -2.23. The molecule has 3 aromatic rings. The zero-order valence-corrected chi connectivity index (χ0v) is 14.3. The fourth-order valence-electron chi connectivity index (χ4n) is 2.37. The molecule has 2 N–H and O–H groups in total. The maximum absolute atomic E-state index is 12.3. The smallest absolute Gasteiger partial charge is 0.270 e. The Morgan fingerprint density at radius 3 is 2.52 bits per heavy atom. The fraction of sp³-hybridized carbons (Fsp3) is 0.100. The van der Waals surface area contributed by atoms with Crippen LogP contribution in [0.1, 0.15) is 21.6 Å². The Morgan fingerprint density at radius 2 is 1.72 bits per heavy atom. The number of nitrogens with one attached hydrogen (secondary N) is 2. The predicted octanol–water partition coefficient (Wildman–Crippen LogP) is 4.28. The van der Waals surface area contributed by atoms with Crippen molar-refractivity contribution in [1.82, 2.24) is 10.3 Å². The molecule has 0 unspecified atom stereocenters. The van der Waals surface area contributed by atoms with Gasteiger partial charge in [-0.25, -0.2) is 0 Å². The van der Waals surface area contributed by atoms with Gasteiger partial charge in [-0.1, -0.05) is 60.1 Å². The molecule has 0 atom stereocenters. The van der Waals surface area contributed by atoms with Crippen LogP contribution in [0.3, 0.4) is 0 Å². The lowest BCUT2D eigenvalue weighted by Gasteiger charge is -2.09. The normalized spacial score (nSPS) is 10.3. The standard InChI is InChI=1S/C20H18ClN3O/c21-18-9-5-4-8-16(18)14-23-17-10-11-22-19(12-17)20(25)24-13-15-6-2-1-3-7-15/h1-12H,13-14H2,(H,22,23)(H,24,25). The molecule has 25 heavy (non-hydrogen) atoms. The van der Waals surface area contributed by atoms with Gasteiger partial charge in [-0.15, -0.1) is 0 Å². The van der Waals surface area contributed by atoms with Crippen LogP contribution in [0.2, 0.25) is 5.02 Å². The highest BCUT2D eigenvalue weighted by molar-refractivity contribution is 6.31. The molecule has 0 aliphatic heterocycles. The minimum Gasteiger partial charge on any atom is -0.381 e. The highest BCUT2D eigenvalue weighted by atomic mass is 35.5. The number of carbonyl (C=O) groups excluding carboxylic acids is 1. The van der Waals surface area contributed by atoms with Crippen LogP contribution in [0, 0.1) is 0 Å². The van der Waals surface area contributed by atoms with E-state index >= 15 is 0 Å². The largest absolute Gasteiger partial charge is 0.381 e. The number of rotatable bonds is 6. The van der Waals surface area contributed by atoms with E-state index < -0.39 is 0 Å². The summed E-state index contributed by atoms with van der Waals surface area (Å²) in [7, 11) is 0. The van der Waals surface area contributed by atoms with Crippen LogP contribution in [0.15, 0.2) is 72.9 Å². The van der Waals surface area contributed by atoms with Crippen molar-refractivity contribution in [2.24, 2.45) is 0 Å². The van der Waals surface area contributed by atoms with E-state index in [0.717, 1.165) is 16.8 Å². The molecule has 2 aromatic carbocycles. The van der Waals surface area contributed by atoms with Crippen molar-refractivity contribution < 1.29 is 4.79 Å². The molecule has 0 aliphatic rings. The molecule has 1 heterocycles. The van der Waals surface area contributed by atoms with Gasteiger partial charge in [0.15, 0.2) is 0 Å². The van der Waals surface area contributed by atoms with Crippen LogP contribution in [-0.4, -0.2) is 10.9 Å². The van der Waals surface area contributed by atoms with Crippen molar-refractivity contribution in [2.45, 2.75) is 13.1 Å². The average Bonchev–Trinajstić information content (AvgIpc) is 2.66. The van der Waals surface area contributed by atoms with Crippen molar-refractivity contribution in [3.63, 3.8) is 0 Å². The highest BCUT2D eigenvalue weighted by Crippen LogP contribution is 2.17. The van der Waals surface area contributed by atoms with Crippen LogP contribution in [0.5, 0.6) is 0 Å². The Balaban J connectivity index is 1.61. The first-order valence-electron chi connectivity index (χ1n) is 7.98. The SMILES string of the molecule is O=C(NCc1ccccc1)c1cc(NCc2ccccc2Cl)ccn1. The Morgan fingerprint density at radius 1 is 0.960 bits per heavy atom. The van der Waals surface area contributed by atoms with Gasteiger partial charge in [0.2, 0.25) is 0 Å². The van der Waals surface area contributed by atoms with E-state index in [1.54, 1.807) is 12.3 Å². The molecule has 0 aliphatic carbocycles. The fourth-order valence-corrected chi connectivity index (χ4v) is 2.58. The summed E-state index contributed by atoms with van der Waals surface area (Å²) in [5.74, 6) is -0.203. The number of nitrogens with zero attached hydrogens (tertiary/aromatic N) is 1. The van der Waals surface area contributed by atoms with Gasteiger partial charge in [0, 0.05) is 30.0 Å². The molecule has 0 bridgehead atoms. The molecule has 3 rings (SSSR count). The summed E-state index contributed by atoms with van der Waals surface area (Å²) < 4.78 is 0. The van der Waals surface area contributed by atoms with E-state index in [1.165, 1.54) is 0 Å². The summed E-state index contributed by atoms with van der Waals surface area (Å²) >= 11 is 6.16. The maximum atomic E-state index is 12.3. The number of halogens is 1.